The number of aliphatic hydroxyl groups is 1. The number of halogens is 3. The van der Waals surface area contributed by atoms with Crippen molar-refractivity contribution in [2.24, 2.45) is 0 Å². The van der Waals surface area contributed by atoms with E-state index in [0.29, 0.717) is 16.9 Å². The van der Waals surface area contributed by atoms with Crippen molar-refractivity contribution in [1.82, 2.24) is 0 Å². The Kier molecular flexibility index (Phi) is 3.77. The van der Waals surface area contributed by atoms with Crippen LogP contribution < -0.4 is 4.74 Å². The van der Waals surface area contributed by atoms with Crippen LogP contribution in [0.2, 0.25) is 0 Å². The van der Waals surface area contributed by atoms with Crippen molar-refractivity contribution in [3.8, 4) is 5.75 Å². The van der Waals surface area contributed by atoms with E-state index in [2.05, 4.69) is 0 Å². The van der Waals surface area contributed by atoms with Crippen molar-refractivity contribution in [2.75, 3.05) is 7.11 Å². The molecule has 3 rings (SSSR count). The lowest BCUT2D eigenvalue weighted by atomic mass is 10.0. The zero-order chi connectivity index (χ0) is 16.6. The van der Waals surface area contributed by atoms with Crippen LogP contribution in [0.15, 0.2) is 52.9 Å². The topological polar surface area (TPSA) is 42.6 Å². The fourth-order valence-electron chi connectivity index (χ4n) is 2.31. The fraction of sp³-hybridized carbons (Fsp3) is 0.176. The lowest BCUT2D eigenvalue weighted by Crippen LogP contribution is -2.05. The zero-order valence-electron chi connectivity index (χ0n) is 12.1. The molecule has 0 bridgehead atoms. The molecule has 0 radical (unpaired) electrons. The van der Waals surface area contributed by atoms with E-state index in [1.165, 1.54) is 19.2 Å². The summed E-state index contributed by atoms with van der Waals surface area (Å²) in [5.41, 5.74) is 0.0946. The summed E-state index contributed by atoms with van der Waals surface area (Å²) in [5.74, 6) is 0.871. The van der Waals surface area contributed by atoms with Crippen molar-refractivity contribution in [2.45, 2.75) is 12.3 Å². The van der Waals surface area contributed by atoms with Crippen LogP contribution in [0.4, 0.5) is 13.2 Å². The predicted molar refractivity (Wildman–Crippen MR) is 78.3 cm³/mol. The number of benzene rings is 2. The van der Waals surface area contributed by atoms with E-state index in [1.807, 2.05) is 0 Å². The molecule has 0 saturated carbocycles. The molecule has 6 heteroatoms. The first kappa shape index (κ1) is 15.4. The highest BCUT2D eigenvalue weighted by Crippen LogP contribution is 2.33. The minimum absolute atomic E-state index is 0.257. The maximum atomic E-state index is 12.6. The Hall–Kier alpha value is -2.47. The Labute approximate surface area is 129 Å². The number of ether oxygens (including phenoxy) is 1. The molecular formula is C17H13F3O3. The molecule has 0 amide bonds. The largest absolute Gasteiger partial charge is 0.497 e. The van der Waals surface area contributed by atoms with Gasteiger partial charge in [-0.25, -0.2) is 0 Å². The highest BCUT2D eigenvalue weighted by atomic mass is 19.4. The van der Waals surface area contributed by atoms with Gasteiger partial charge in [-0.1, -0.05) is 12.1 Å². The molecule has 1 N–H and O–H groups in total. The lowest BCUT2D eigenvalue weighted by molar-refractivity contribution is -0.137. The summed E-state index contributed by atoms with van der Waals surface area (Å²) in [6.07, 6.45) is -5.55. The third-order valence-corrected chi connectivity index (χ3v) is 3.57. The third kappa shape index (κ3) is 3.03. The van der Waals surface area contributed by atoms with Gasteiger partial charge in [0.05, 0.1) is 12.7 Å². The summed E-state index contributed by atoms with van der Waals surface area (Å²) in [7, 11) is 1.53. The van der Waals surface area contributed by atoms with Crippen LogP contribution >= 0.6 is 0 Å². The van der Waals surface area contributed by atoms with Gasteiger partial charge in [-0.05, 0) is 35.9 Å². The molecule has 1 atom stereocenters. The van der Waals surface area contributed by atoms with Gasteiger partial charge in [-0.15, -0.1) is 0 Å². The van der Waals surface area contributed by atoms with Crippen LogP contribution in [0.25, 0.3) is 11.0 Å². The van der Waals surface area contributed by atoms with E-state index < -0.39 is 17.8 Å². The van der Waals surface area contributed by atoms with E-state index in [1.54, 1.807) is 24.3 Å². The van der Waals surface area contributed by atoms with Gasteiger partial charge in [-0.3, -0.25) is 0 Å². The van der Waals surface area contributed by atoms with Crippen LogP contribution in [0.5, 0.6) is 5.75 Å². The van der Waals surface area contributed by atoms with Crippen molar-refractivity contribution in [3.05, 3.63) is 65.4 Å². The number of rotatable bonds is 3. The van der Waals surface area contributed by atoms with Crippen molar-refractivity contribution in [1.29, 1.82) is 0 Å². The first-order chi connectivity index (χ1) is 10.9. The average molecular weight is 322 g/mol. The number of hydrogen-bond acceptors (Lipinski definition) is 3. The van der Waals surface area contributed by atoms with Crippen molar-refractivity contribution < 1.29 is 27.4 Å². The maximum Gasteiger partial charge on any atom is 0.416 e. The number of furan rings is 1. The van der Waals surface area contributed by atoms with E-state index in [4.69, 9.17) is 9.15 Å². The molecular weight excluding hydrogens is 309 g/mol. The number of alkyl halides is 3. The molecule has 23 heavy (non-hydrogen) atoms. The molecule has 3 aromatic rings. The molecule has 1 heterocycles. The van der Waals surface area contributed by atoms with E-state index in [0.717, 1.165) is 17.5 Å². The maximum absolute atomic E-state index is 12.6. The minimum Gasteiger partial charge on any atom is -0.497 e. The number of hydrogen-bond donors (Lipinski definition) is 1. The van der Waals surface area contributed by atoms with Crippen molar-refractivity contribution in [3.63, 3.8) is 0 Å². The molecule has 1 aromatic heterocycles. The summed E-state index contributed by atoms with van der Waals surface area (Å²) in [6.45, 7) is 0. The first-order valence-corrected chi connectivity index (χ1v) is 6.81. The quantitative estimate of drug-likeness (QED) is 0.770. The standard InChI is InChI=1S/C17H13F3O3/c1-22-13-7-4-11-8-15(23-14(11)9-13)16(21)10-2-5-12(6-3-10)17(18,19)20/h2-9,16,21H,1H3. The van der Waals surface area contributed by atoms with E-state index in [-0.39, 0.29) is 5.76 Å². The zero-order valence-corrected chi connectivity index (χ0v) is 12.1. The van der Waals surface area contributed by atoms with Gasteiger partial charge in [0, 0.05) is 11.5 Å². The molecule has 0 aliphatic rings. The van der Waals surface area contributed by atoms with Crippen LogP contribution in [0.3, 0.4) is 0 Å². The number of fused-ring (bicyclic) bond motifs is 1. The monoisotopic (exact) mass is 322 g/mol. The molecule has 1 unspecified atom stereocenters. The number of aliphatic hydroxyl groups excluding tert-OH is 1. The molecule has 3 nitrogen and oxygen atoms in total. The van der Waals surface area contributed by atoms with Gasteiger partial charge in [-0.2, -0.15) is 13.2 Å². The summed E-state index contributed by atoms with van der Waals surface area (Å²) < 4.78 is 48.3. The highest BCUT2D eigenvalue weighted by Gasteiger charge is 2.30. The second-order valence-electron chi connectivity index (χ2n) is 5.07. The van der Waals surface area contributed by atoms with Gasteiger partial charge in [0.2, 0.25) is 0 Å². The Morgan fingerprint density at radius 1 is 1.04 bits per heavy atom. The van der Waals surface area contributed by atoms with Gasteiger partial charge >= 0.3 is 6.18 Å². The smallest absolute Gasteiger partial charge is 0.416 e. The van der Waals surface area contributed by atoms with Gasteiger partial charge < -0.3 is 14.3 Å². The molecule has 120 valence electrons. The van der Waals surface area contributed by atoms with Gasteiger partial charge in [0.1, 0.15) is 23.2 Å². The first-order valence-electron chi connectivity index (χ1n) is 6.81. The van der Waals surface area contributed by atoms with Crippen molar-refractivity contribution >= 4 is 11.0 Å². The van der Waals surface area contributed by atoms with Crippen LogP contribution in [-0.2, 0) is 6.18 Å². The normalized spacial score (nSPS) is 13.3. The van der Waals surface area contributed by atoms with Crippen LogP contribution in [0.1, 0.15) is 23.0 Å². The van der Waals surface area contributed by atoms with Gasteiger partial charge in [0.15, 0.2) is 0 Å². The van der Waals surface area contributed by atoms with E-state index >= 15 is 0 Å². The summed E-state index contributed by atoms with van der Waals surface area (Å²) >= 11 is 0. The Balaban J connectivity index is 1.92. The average Bonchev–Trinajstić information content (AvgIpc) is 2.96. The molecule has 0 aliphatic carbocycles. The molecule has 2 aromatic carbocycles. The Morgan fingerprint density at radius 3 is 2.35 bits per heavy atom. The minimum atomic E-state index is -4.40. The summed E-state index contributed by atoms with van der Waals surface area (Å²) in [5, 5.41) is 11.1. The molecule has 0 saturated heterocycles. The second-order valence-corrected chi connectivity index (χ2v) is 5.07. The Bertz CT molecular complexity index is 819. The lowest BCUT2D eigenvalue weighted by Gasteiger charge is -2.10. The SMILES string of the molecule is COc1ccc2cc(C(O)c3ccc(C(F)(F)F)cc3)oc2c1. The predicted octanol–water partition coefficient (Wildman–Crippen LogP) is 4.54. The van der Waals surface area contributed by atoms with Gasteiger partial charge in [0.25, 0.3) is 0 Å². The van der Waals surface area contributed by atoms with Crippen LogP contribution in [-0.4, -0.2) is 12.2 Å². The molecule has 0 spiro atoms. The summed E-state index contributed by atoms with van der Waals surface area (Å²) in [6, 6.07) is 11.2. The van der Waals surface area contributed by atoms with E-state index in [9.17, 15) is 18.3 Å². The molecule has 0 aliphatic heterocycles. The highest BCUT2D eigenvalue weighted by molar-refractivity contribution is 5.79. The second kappa shape index (κ2) is 5.62. The summed E-state index contributed by atoms with van der Waals surface area (Å²) in [4.78, 5) is 0. The Morgan fingerprint density at radius 2 is 1.74 bits per heavy atom. The number of methoxy groups -OCH3 is 1. The fourth-order valence-corrected chi connectivity index (χ4v) is 2.31. The van der Waals surface area contributed by atoms with Crippen LogP contribution in [0, 0.1) is 0 Å². The molecule has 0 fully saturated rings. The third-order valence-electron chi connectivity index (χ3n) is 3.57.